The Morgan fingerprint density at radius 2 is 2.09 bits per heavy atom. The highest BCUT2D eigenvalue weighted by atomic mass is 16.5. The molecule has 116 valence electrons. The van der Waals surface area contributed by atoms with Gasteiger partial charge in [-0.15, -0.1) is 0 Å². The molecule has 1 N–H and O–H groups in total. The van der Waals surface area contributed by atoms with Gasteiger partial charge in [0.15, 0.2) is 0 Å². The molecule has 0 saturated carbocycles. The zero-order valence-electron chi connectivity index (χ0n) is 12.5. The van der Waals surface area contributed by atoms with E-state index in [2.05, 4.69) is 10.3 Å². The van der Waals surface area contributed by atoms with Gasteiger partial charge in [-0.25, -0.2) is 9.78 Å². The second kappa shape index (κ2) is 6.31. The van der Waals surface area contributed by atoms with Crippen LogP contribution in [0.1, 0.15) is 23.0 Å². The molecule has 0 bridgehead atoms. The molecule has 0 fully saturated rings. The normalized spacial score (nSPS) is 10.5. The predicted molar refractivity (Wildman–Crippen MR) is 85.1 cm³/mol. The fourth-order valence-corrected chi connectivity index (χ4v) is 2.21. The number of fused-ring (bicyclic) bond motifs is 1. The summed E-state index contributed by atoms with van der Waals surface area (Å²) in [6.07, 6.45) is 3.70. The number of rotatable bonds is 4. The van der Waals surface area contributed by atoms with Gasteiger partial charge in [0.2, 0.25) is 5.91 Å². The zero-order valence-corrected chi connectivity index (χ0v) is 12.5. The number of hydrogen-bond acceptors (Lipinski definition) is 4. The van der Waals surface area contributed by atoms with Crippen LogP contribution in [-0.4, -0.2) is 21.3 Å². The summed E-state index contributed by atoms with van der Waals surface area (Å²) in [4.78, 5) is 27.5. The highest BCUT2D eigenvalue weighted by Crippen LogP contribution is 2.13. The van der Waals surface area contributed by atoms with Crippen molar-refractivity contribution >= 4 is 23.2 Å². The Morgan fingerprint density at radius 3 is 2.87 bits per heavy atom. The summed E-state index contributed by atoms with van der Waals surface area (Å²) in [5.74, 6) is -0.658. The molecule has 6 heteroatoms. The molecule has 1 aromatic carbocycles. The van der Waals surface area contributed by atoms with E-state index in [-0.39, 0.29) is 12.5 Å². The molecule has 1 amide bonds. The molecule has 0 aliphatic heterocycles. The van der Waals surface area contributed by atoms with Gasteiger partial charge in [-0.1, -0.05) is 12.1 Å². The number of pyridine rings is 1. The molecule has 0 atom stereocenters. The van der Waals surface area contributed by atoms with Gasteiger partial charge < -0.3 is 14.5 Å². The van der Waals surface area contributed by atoms with Crippen LogP contribution in [0.5, 0.6) is 0 Å². The molecular formula is C17H15N3O3. The number of carbonyl (C=O) groups is 2. The van der Waals surface area contributed by atoms with Gasteiger partial charge in [-0.2, -0.15) is 0 Å². The minimum atomic E-state index is -0.464. The number of benzene rings is 1. The van der Waals surface area contributed by atoms with E-state index in [0.717, 1.165) is 5.65 Å². The number of anilines is 1. The zero-order chi connectivity index (χ0) is 16.2. The highest BCUT2D eigenvalue weighted by Gasteiger charge is 2.10. The Labute approximate surface area is 132 Å². The lowest BCUT2D eigenvalue weighted by molar-refractivity contribution is -0.114. The second-order valence-corrected chi connectivity index (χ2v) is 5.04. The first-order chi connectivity index (χ1) is 11.1. The molecule has 3 rings (SSSR count). The van der Waals surface area contributed by atoms with Crippen molar-refractivity contribution in [1.29, 1.82) is 0 Å². The molecular weight excluding hydrogens is 294 g/mol. The van der Waals surface area contributed by atoms with E-state index in [9.17, 15) is 9.59 Å². The van der Waals surface area contributed by atoms with Crippen LogP contribution in [-0.2, 0) is 16.1 Å². The van der Waals surface area contributed by atoms with E-state index < -0.39 is 5.97 Å². The number of ether oxygens (including phenoxy) is 1. The second-order valence-electron chi connectivity index (χ2n) is 5.04. The van der Waals surface area contributed by atoms with Gasteiger partial charge in [0, 0.05) is 25.0 Å². The van der Waals surface area contributed by atoms with E-state index in [0.29, 0.717) is 16.9 Å². The summed E-state index contributed by atoms with van der Waals surface area (Å²) >= 11 is 0. The van der Waals surface area contributed by atoms with Gasteiger partial charge in [0.05, 0.1) is 11.3 Å². The van der Waals surface area contributed by atoms with Crippen LogP contribution in [0.4, 0.5) is 5.69 Å². The Bertz CT molecular complexity index is 837. The maximum absolute atomic E-state index is 12.1. The summed E-state index contributed by atoms with van der Waals surface area (Å²) in [6.45, 7) is 1.50. The van der Waals surface area contributed by atoms with Crippen molar-refractivity contribution in [3.63, 3.8) is 0 Å². The average molecular weight is 309 g/mol. The molecule has 2 aromatic heterocycles. The predicted octanol–water partition coefficient (Wildman–Crippen LogP) is 2.65. The standard InChI is InChI=1S/C17H15N3O3/c1-12(21)18-14-6-4-5-13(9-14)17(22)23-11-15-10-20-8-3-2-7-16(20)19-15/h2-10H,11H2,1H3,(H,18,21). The van der Waals surface area contributed by atoms with Crippen molar-refractivity contribution < 1.29 is 14.3 Å². The number of hydrogen-bond donors (Lipinski definition) is 1. The summed E-state index contributed by atoms with van der Waals surface area (Å²) in [6, 6.07) is 12.3. The van der Waals surface area contributed by atoms with Gasteiger partial charge >= 0.3 is 5.97 Å². The van der Waals surface area contributed by atoms with Gasteiger partial charge in [0.25, 0.3) is 0 Å². The molecule has 6 nitrogen and oxygen atoms in total. The van der Waals surface area contributed by atoms with E-state index in [4.69, 9.17) is 4.74 Å². The molecule has 0 spiro atoms. The summed E-state index contributed by atoms with van der Waals surface area (Å²) < 4.78 is 7.14. The van der Waals surface area contributed by atoms with E-state index in [1.54, 1.807) is 24.3 Å². The van der Waals surface area contributed by atoms with Crippen molar-refractivity contribution in [2.45, 2.75) is 13.5 Å². The fourth-order valence-electron chi connectivity index (χ4n) is 2.21. The van der Waals surface area contributed by atoms with Crippen molar-refractivity contribution in [2.75, 3.05) is 5.32 Å². The lowest BCUT2D eigenvalue weighted by Crippen LogP contribution is -2.09. The largest absolute Gasteiger partial charge is 0.456 e. The lowest BCUT2D eigenvalue weighted by Gasteiger charge is -2.06. The highest BCUT2D eigenvalue weighted by molar-refractivity contribution is 5.93. The minimum absolute atomic E-state index is 0.0882. The van der Waals surface area contributed by atoms with E-state index in [1.807, 2.05) is 35.0 Å². The third-order valence-corrected chi connectivity index (χ3v) is 3.18. The van der Waals surface area contributed by atoms with Crippen molar-refractivity contribution in [1.82, 2.24) is 9.38 Å². The molecule has 3 aromatic rings. The van der Waals surface area contributed by atoms with Crippen molar-refractivity contribution in [3.8, 4) is 0 Å². The van der Waals surface area contributed by atoms with Crippen LogP contribution < -0.4 is 5.32 Å². The van der Waals surface area contributed by atoms with Crippen LogP contribution in [0.25, 0.3) is 5.65 Å². The van der Waals surface area contributed by atoms with E-state index >= 15 is 0 Å². The van der Waals surface area contributed by atoms with Crippen LogP contribution in [0, 0.1) is 0 Å². The fraction of sp³-hybridized carbons (Fsp3) is 0.118. The minimum Gasteiger partial charge on any atom is -0.456 e. The summed E-state index contributed by atoms with van der Waals surface area (Å²) in [7, 11) is 0. The van der Waals surface area contributed by atoms with Crippen LogP contribution in [0.3, 0.4) is 0 Å². The maximum Gasteiger partial charge on any atom is 0.338 e. The summed E-state index contributed by atoms with van der Waals surface area (Å²) in [5.41, 5.74) is 2.40. The quantitative estimate of drug-likeness (QED) is 0.752. The number of aromatic nitrogens is 2. The summed E-state index contributed by atoms with van der Waals surface area (Å²) in [5, 5.41) is 2.63. The molecule has 0 aliphatic carbocycles. The number of carbonyl (C=O) groups excluding carboxylic acids is 2. The molecule has 23 heavy (non-hydrogen) atoms. The van der Waals surface area contributed by atoms with Gasteiger partial charge in [-0.3, -0.25) is 4.79 Å². The molecule has 0 aliphatic rings. The van der Waals surface area contributed by atoms with Crippen LogP contribution >= 0.6 is 0 Å². The number of esters is 1. The first-order valence-corrected chi connectivity index (χ1v) is 7.09. The van der Waals surface area contributed by atoms with Crippen molar-refractivity contribution in [3.05, 3.63) is 66.1 Å². The SMILES string of the molecule is CC(=O)Nc1cccc(C(=O)OCc2cn3ccccc3n2)c1. The first-order valence-electron chi connectivity index (χ1n) is 7.09. The van der Waals surface area contributed by atoms with Gasteiger partial charge in [0.1, 0.15) is 12.3 Å². The number of nitrogens with one attached hydrogen (secondary N) is 1. The third kappa shape index (κ3) is 3.55. The Balaban J connectivity index is 1.68. The number of nitrogens with zero attached hydrogens (tertiary/aromatic N) is 2. The maximum atomic E-state index is 12.1. The first kappa shape index (κ1) is 14.8. The Kier molecular flexibility index (Phi) is 4.05. The van der Waals surface area contributed by atoms with Crippen molar-refractivity contribution in [2.24, 2.45) is 0 Å². The topological polar surface area (TPSA) is 72.7 Å². The van der Waals surface area contributed by atoms with Gasteiger partial charge in [-0.05, 0) is 30.3 Å². The number of amides is 1. The smallest absolute Gasteiger partial charge is 0.338 e. The molecule has 0 radical (unpaired) electrons. The third-order valence-electron chi connectivity index (χ3n) is 3.18. The number of imidazole rings is 1. The lowest BCUT2D eigenvalue weighted by atomic mass is 10.2. The van der Waals surface area contributed by atoms with E-state index in [1.165, 1.54) is 6.92 Å². The Hall–Kier alpha value is -3.15. The van der Waals surface area contributed by atoms with Crippen LogP contribution in [0.15, 0.2) is 54.9 Å². The molecule has 0 saturated heterocycles. The van der Waals surface area contributed by atoms with Crippen LogP contribution in [0.2, 0.25) is 0 Å². The average Bonchev–Trinajstić information content (AvgIpc) is 2.95. The molecule has 2 heterocycles. The molecule has 0 unspecified atom stereocenters. The Morgan fingerprint density at radius 1 is 1.22 bits per heavy atom. The monoisotopic (exact) mass is 309 g/mol.